The number of carbonyl (C=O) groups is 1. The van der Waals surface area contributed by atoms with Crippen molar-refractivity contribution in [2.24, 2.45) is 0 Å². The van der Waals surface area contributed by atoms with Gasteiger partial charge in [-0.3, -0.25) is 0 Å². The summed E-state index contributed by atoms with van der Waals surface area (Å²) in [5.74, 6) is 0.420. The highest BCUT2D eigenvalue weighted by Crippen LogP contribution is 2.29. The molecule has 6 heteroatoms. The summed E-state index contributed by atoms with van der Waals surface area (Å²) in [5.41, 5.74) is 1.78. The molecule has 22 heavy (non-hydrogen) atoms. The van der Waals surface area contributed by atoms with Gasteiger partial charge in [-0.25, -0.2) is 9.78 Å². The van der Waals surface area contributed by atoms with Crippen LogP contribution in [0.2, 0.25) is 0 Å². The van der Waals surface area contributed by atoms with Crippen LogP contribution in [-0.2, 0) is 4.74 Å². The fourth-order valence-corrected chi connectivity index (χ4v) is 3.48. The Bertz CT molecular complexity index is 662. The number of thiazole rings is 1. The second-order valence-electron chi connectivity index (χ2n) is 5.90. The number of rotatable bonds is 3. The highest BCUT2D eigenvalue weighted by molar-refractivity contribution is 7.18. The zero-order valence-electron chi connectivity index (χ0n) is 12.9. The van der Waals surface area contributed by atoms with E-state index >= 15 is 0 Å². The van der Waals surface area contributed by atoms with Crippen molar-refractivity contribution in [3.63, 3.8) is 0 Å². The van der Waals surface area contributed by atoms with E-state index < -0.39 is 0 Å². The molecule has 0 bridgehead atoms. The first-order valence-electron chi connectivity index (χ1n) is 7.67. The second kappa shape index (κ2) is 6.62. The van der Waals surface area contributed by atoms with Gasteiger partial charge in [-0.2, -0.15) is 0 Å². The summed E-state index contributed by atoms with van der Waals surface area (Å²) in [7, 11) is 0. The fourth-order valence-electron chi connectivity index (χ4n) is 2.47. The molecule has 1 saturated heterocycles. The van der Waals surface area contributed by atoms with Crippen LogP contribution in [0, 0.1) is 0 Å². The Hall–Kier alpha value is -1.66. The van der Waals surface area contributed by atoms with Crippen molar-refractivity contribution in [3.8, 4) is 0 Å². The van der Waals surface area contributed by atoms with Gasteiger partial charge in [-0.15, -0.1) is 11.3 Å². The Morgan fingerprint density at radius 3 is 3.05 bits per heavy atom. The SMILES string of the molecule is CC(C)c1nc2ccc(NC(=O)NC3CCCOC3)cc2s1. The number of aromatic nitrogens is 1. The Balaban J connectivity index is 1.66. The van der Waals surface area contributed by atoms with Crippen molar-refractivity contribution in [1.29, 1.82) is 0 Å². The van der Waals surface area contributed by atoms with Crippen LogP contribution in [-0.4, -0.2) is 30.3 Å². The highest BCUT2D eigenvalue weighted by Gasteiger charge is 2.16. The number of hydrogen-bond donors (Lipinski definition) is 2. The predicted octanol–water partition coefficient (Wildman–Crippen LogP) is 3.72. The van der Waals surface area contributed by atoms with Crippen LogP contribution in [0.25, 0.3) is 10.2 Å². The lowest BCUT2D eigenvalue weighted by atomic mass is 10.1. The summed E-state index contributed by atoms with van der Waals surface area (Å²) in [6.45, 7) is 5.66. The minimum absolute atomic E-state index is 0.105. The number of anilines is 1. The van der Waals surface area contributed by atoms with Crippen LogP contribution in [0.15, 0.2) is 18.2 Å². The van der Waals surface area contributed by atoms with E-state index in [2.05, 4.69) is 29.5 Å². The molecular weight excluding hydrogens is 298 g/mol. The molecule has 2 N–H and O–H groups in total. The number of amides is 2. The molecule has 118 valence electrons. The van der Waals surface area contributed by atoms with Crippen molar-refractivity contribution in [1.82, 2.24) is 10.3 Å². The topological polar surface area (TPSA) is 63.2 Å². The van der Waals surface area contributed by atoms with E-state index in [-0.39, 0.29) is 12.1 Å². The van der Waals surface area contributed by atoms with Gasteiger partial charge < -0.3 is 15.4 Å². The van der Waals surface area contributed by atoms with Crippen LogP contribution in [0.4, 0.5) is 10.5 Å². The Morgan fingerprint density at radius 1 is 1.45 bits per heavy atom. The van der Waals surface area contributed by atoms with Crippen molar-refractivity contribution < 1.29 is 9.53 Å². The van der Waals surface area contributed by atoms with Crippen LogP contribution >= 0.6 is 11.3 Å². The van der Waals surface area contributed by atoms with Crippen LogP contribution in [0.5, 0.6) is 0 Å². The lowest BCUT2D eigenvalue weighted by Gasteiger charge is -2.23. The van der Waals surface area contributed by atoms with Crippen molar-refractivity contribution in [2.45, 2.75) is 38.6 Å². The van der Waals surface area contributed by atoms with E-state index in [4.69, 9.17) is 4.74 Å². The Labute approximate surface area is 134 Å². The first-order chi connectivity index (χ1) is 10.6. The largest absolute Gasteiger partial charge is 0.379 e. The smallest absolute Gasteiger partial charge is 0.319 e. The number of hydrogen-bond acceptors (Lipinski definition) is 4. The Kier molecular flexibility index (Phi) is 4.59. The molecule has 1 aromatic carbocycles. The van der Waals surface area contributed by atoms with Crippen LogP contribution in [0.3, 0.4) is 0 Å². The molecule has 5 nitrogen and oxygen atoms in total. The molecule has 0 aliphatic carbocycles. The summed E-state index contributed by atoms with van der Waals surface area (Å²) in [6, 6.07) is 5.76. The molecule has 0 spiro atoms. The summed E-state index contributed by atoms with van der Waals surface area (Å²) < 4.78 is 6.47. The standard InChI is InChI=1S/C16H21N3O2S/c1-10(2)15-19-13-6-5-11(8-14(13)22-15)17-16(20)18-12-4-3-7-21-9-12/h5-6,8,10,12H,3-4,7,9H2,1-2H3,(H2,17,18,20). The average molecular weight is 319 g/mol. The van der Waals surface area contributed by atoms with Crippen LogP contribution < -0.4 is 10.6 Å². The van der Waals surface area contributed by atoms with Crippen LogP contribution in [0.1, 0.15) is 37.6 Å². The third kappa shape index (κ3) is 3.56. The molecule has 2 amide bonds. The molecule has 0 radical (unpaired) electrons. The van der Waals surface area contributed by atoms with Gasteiger partial charge in [0.25, 0.3) is 0 Å². The van der Waals surface area contributed by atoms with Crippen molar-refractivity contribution in [3.05, 3.63) is 23.2 Å². The summed E-state index contributed by atoms with van der Waals surface area (Å²) in [4.78, 5) is 16.6. The summed E-state index contributed by atoms with van der Waals surface area (Å²) in [5, 5.41) is 6.97. The average Bonchev–Trinajstić information content (AvgIpc) is 2.91. The minimum Gasteiger partial charge on any atom is -0.379 e. The molecule has 1 aliphatic heterocycles. The number of nitrogens with one attached hydrogen (secondary N) is 2. The summed E-state index contributed by atoms with van der Waals surface area (Å²) in [6.07, 6.45) is 1.97. The molecule has 0 saturated carbocycles. The lowest BCUT2D eigenvalue weighted by Crippen LogP contribution is -2.42. The molecule has 1 aromatic heterocycles. The summed E-state index contributed by atoms with van der Waals surface area (Å²) >= 11 is 1.68. The van der Waals surface area contributed by atoms with Gasteiger partial charge in [0.15, 0.2) is 0 Å². The first-order valence-corrected chi connectivity index (χ1v) is 8.49. The molecule has 2 aromatic rings. The third-order valence-electron chi connectivity index (χ3n) is 3.65. The molecule has 1 unspecified atom stereocenters. The number of fused-ring (bicyclic) bond motifs is 1. The maximum Gasteiger partial charge on any atom is 0.319 e. The molecule has 1 atom stereocenters. The zero-order chi connectivity index (χ0) is 15.5. The van der Waals surface area contributed by atoms with Crippen molar-refractivity contribution >= 4 is 33.3 Å². The third-order valence-corrected chi connectivity index (χ3v) is 4.97. The zero-order valence-corrected chi connectivity index (χ0v) is 13.7. The maximum absolute atomic E-state index is 12.0. The van der Waals surface area contributed by atoms with Gasteiger partial charge in [0.1, 0.15) is 0 Å². The van der Waals surface area contributed by atoms with Gasteiger partial charge in [0.2, 0.25) is 0 Å². The predicted molar refractivity (Wildman–Crippen MR) is 89.7 cm³/mol. The quantitative estimate of drug-likeness (QED) is 0.906. The van der Waals surface area contributed by atoms with E-state index in [1.54, 1.807) is 11.3 Å². The number of benzene rings is 1. The van der Waals surface area contributed by atoms with E-state index in [1.165, 1.54) is 0 Å². The lowest BCUT2D eigenvalue weighted by molar-refractivity contribution is 0.0739. The van der Waals surface area contributed by atoms with E-state index in [0.717, 1.165) is 40.4 Å². The number of urea groups is 1. The van der Waals surface area contributed by atoms with E-state index in [9.17, 15) is 4.79 Å². The molecular formula is C16H21N3O2S. The minimum atomic E-state index is -0.177. The van der Waals surface area contributed by atoms with Gasteiger partial charge in [0.05, 0.1) is 27.9 Å². The molecule has 1 aliphatic rings. The number of carbonyl (C=O) groups excluding carboxylic acids is 1. The van der Waals surface area contributed by atoms with E-state index in [0.29, 0.717) is 12.5 Å². The van der Waals surface area contributed by atoms with E-state index in [1.807, 2.05) is 18.2 Å². The Morgan fingerprint density at radius 2 is 2.32 bits per heavy atom. The van der Waals surface area contributed by atoms with Crippen molar-refractivity contribution in [2.75, 3.05) is 18.5 Å². The van der Waals surface area contributed by atoms with Gasteiger partial charge in [-0.05, 0) is 31.0 Å². The van der Waals surface area contributed by atoms with Gasteiger partial charge in [-0.1, -0.05) is 13.8 Å². The molecule has 3 rings (SSSR count). The fraction of sp³-hybridized carbons (Fsp3) is 0.500. The maximum atomic E-state index is 12.0. The van der Waals surface area contributed by atoms with Gasteiger partial charge >= 0.3 is 6.03 Å². The highest BCUT2D eigenvalue weighted by atomic mass is 32.1. The number of ether oxygens (including phenoxy) is 1. The normalized spacial score (nSPS) is 18.6. The first kappa shape index (κ1) is 15.2. The second-order valence-corrected chi connectivity index (χ2v) is 6.96. The van der Waals surface area contributed by atoms with Gasteiger partial charge in [0, 0.05) is 18.2 Å². The molecule has 1 fully saturated rings. The number of nitrogens with zero attached hydrogens (tertiary/aromatic N) is 1. The molecule has 2 heterocycles. The monoisotopic (exact) mass is 319 g/mol.